The largest absolute Gasteiger partial charge is 0.493 e. The van der Waals surface area contributed by atoms with Crippen molar-refractivity contribution >= 4 is 12.0 Å². The number of benzene rings is 2. The van der Waals surface area contributed by atoms with Crippen molar-refractivity contribution in [2.45, 2.75) is 13.0 Å². The minimum atomic E-state index is -2.91. The van der Waals surface area contributed by atoms with Crippen molar-refractivity contribution in [3.63, 3.8) is 0 Å². The molecule has 6 nitrogen and oxygen atoms in total. The van der Waals surface area contributed by atoms with Gasteiger partial charge >= 0.3 is 6.61 Å². The zero-order chi connectivity index (χ0) is 21.2. The highest BCUT2D eigenvalue weighted by Gasteiger charge is 2.10. The van der Waals surface area contributed by atoms with Gasteiger partial charge in [0.1, 0.15) is 17.4 Å². The van der Waals surface area contributed by atoms with Gasteiger partial charge in [-0.2, -0.15) is 14.0 Å². The number of carbonyl (C=O) groups excluding carboxylic acids is 1. The number of alkyl halides is 2. The molecule has 152 valence electrons. The molecule has 0 saturated heterocycles. The predicted octanol–water partition coefficient (Wildman–Crippen LogP) is 3.57. The molecule has 0 heterocycles. The van der Waals surface area contributed by atoms with Crippen LogP contribution in [-0.2, 0) is 11.2 Å². The van der Waals surface area contributed by atoms with E-state index in [1.807, 2.05) is 18.2 Å². The molecule has 0 fully saturated rings. The second kappa shape index (κ2) is 10.7. The van der Waals surface area contributed by atoms with Gasteiger partial charge in [-0.3, -0.25) is 4.79 Å². The Kier molecular flexibility index (Phi) is 7.98. The predicted molar refractivity (Wildman–Crippen MR) is 103 cm³/mol. The molecule has 0 bridgehead atoms. The SMILES string of the molecule is COc1ccc(CCNC(=O)/C(C#N)=C\c2ccc(OC(F)F)cc2)cc1OC. The average Bonchev–Trinajstić information content (AvgIpc) is 2.72. The van der Waals surface area contributed by atoms with Crippen LogP contribution in [0.3, 0.4) is 0 Å². The summed E-state index contributed by atoms with van der Waals surface area (Å²) in [4.78, 5) is 12.2. The Labute approximate surface area is 167 Å². The summed E-state index contributed by atoms with van der Waals surface area (Å²) in [6, 6.07) is 12.9. The van der Waals surface area contributed by atoms with E-state index in [4.69, 9.17) is 9.47 Å². The van der Waals surface area contributed by atoms with Crippen LogP contribution in [0.5, 0.6) is 17.2 Å². The molecule has 0 aromatic heterocycles. The van der Waals surface area contributed by atoms with E-state index in [-0.39, 0.29) is 11.3 Å². The minimum absolute atomic E-state index is 0.00460. The molecule has 0 aliphatic rings. The molecule has 2 aromatic carbocycles. The molecule has 29 heavy (non-hydrogen) atoms. The number of methoxy groups -OCH3 is 2. The second-order valence-electron chi connectivity index (χ2n) is 5.81. The number of carbonyl (C=O) groups is 1. The molecule has 0 unspecified atom stereocenters. The number of ether oxygens (including phenoxy) is 3. The molecule has 2 aromatic rings. The van der Waals surface area contributed by atoms with E-state index in [0.29, 0.717) is 30.0 Å². The lowest BCUT2D eigenvalue weighted by Gasteiger charge is -2.10. The van der Waals surface area contributed by atoms with Crippen LogP contribution < -0.4 is 19.5 Å². The fraction of sp³-hybridized carbons (Fsp3) is 0.238. The van der Waals surface area contributed by atoms with Crippen molar-refractivity contribution < 1.29 is 27.8 Å². The highest BCUT2D eigenvalue weighted by Crippen LogP contribution is 2.27. The number of nitrogens with zero attached hydrogens (tertiary/aromatic N) is 1. The van der Waals surface area contributed by atoms with E-state index in [1.165, 1.54) is 30.3 Å². The third-order valence-electron chi connectivity index (χ3n) is 3.93. The lowest BCUT2D eigenvalue weighted by Crippen LogP contribution is -2.26. The highest BCUT2D eigenvalue weighted by atomic mass is 19.3. The third kappa shape index (κ3) is 6.50. The molecule has 0 saturated carbocycles. The second-order valence-corrected chi connectivity index (χ2v) is 5.81. The normalized spacial score (nSPS) is 11.0. The summed E-state index contributed by atoms with van der Waals surface area (Å²) in [6.07, 6.45) is 1.91. The fourth-order valence-corrected chi connectivity index (χ4v) is 2.51. The first-order chi connectivity index (χ1) is 14.0. The van der Waals surface area contributed by atoms with Gasteiger partial charge in [0.15, 0.2) is 11.5 Å². The summed E-state index contributed by atoms with van der Waals surface area (Å²) in [5, 5.41) is 11.9. The van der Waals surface area contributed by atoms with Gasteiger partial charge in [0, 0.05) is 6.54 Å². The zero-order valence-electron chi connectivity index (χ0n) is 15.9. The lowest BCUT2D eigenvalue weighted by atomic mass is 10.1. The maximum atomic E-state index is 12.2. The van der Waals surface area contributed by atoms with E-state index >= 15 is 0 Å². The van der Waals surface area contributed by atoms with Crippen LogP contribution in [0.2, 0.25) is 0 Å². The van der Waals surface area contributed by atoms with E-state index < -0.39 is 12.5 Å². The van der Waals surface area contributed by atoms with E-state index in [9.17, 15) is 18.8 Å². The van der Waals surface area contributed by atoms with Crippen molar-refractivity contribution in [1.29, 1.82) is 5.26 Å². The van der Waals surface area contributed by atoms with Gasteiger partial charge in [0.05, 0.1) is 14.2 Å². The van der Waals surface area contributed by atoms with Gasteiger partial charge in [0.2, 0.25) is 0 Å². The highest BCUT2D eigenvalue weighted by molar-refractivity contribution is 6.01. The summed E-state index contributed by atoms with van der Waals surface area (Å²) in [5.74, 6) is 0.670. The van der Waals surface area contributed by atoms with Gasteiger partial charge in [-0.15, -0.1) is 0 Å². The van der Waals surface area contributed by atoms with Gasteiger partial charge in [-0.05, 0) is 47.9 Å². The summed E-state index contributed by atoms with van der Waals surface area (Å²) in [7, 11) is 3.09. The summed E-state index contributed by atoms with van der Waals surface area (Å²) >= 11 is 0. The van der Waals surface area contributed by atoms with Crippen LogP contribution in [0.15, 0.2) is 48.0 Å². The molecule has 1 N–H and O–H groups in total. The molecule has 0 aliphatic carbocycles. The van der Waals surface area contributed by atoms with Crippen LogP contribution in [0.25, 0.3) is 6.08 Å². The number of hydrogen-bond donors (Lipinski definition) is 1. The molecule has 2 rings (SSSR count). The van der Waals surface area contributed by atoms with Crippen molar-refractivity contribution in [2.24, 2.45) is 0 Å². The number of hydrogen-bond acceptors (Lipinski definition) is 5. The Bertz CT molecular complexity index is 906. The summed E-state index contributed by atoms with van der Waals surface area (Å²) in [6.45, 7) is -2.60. The molecule has 1 amide bonds. The maximum Gasteiger partial charge on any atom is 0.387 e. The zero-order valence-corrected chi connectivity index (χ0v) is 15.9. The van der Waals surface area contributed by atoms with Crippen molar-refractivity contribution in [3.8, 4) is 23.3 Å². The third-order valence-corrected chi connectivity index (χ3v) is 3.93. The molecular weight excluding hydrogens is 382 g/mol. The first-order valence-corrected chi connectivity index (χ1v) is 8.62. The maximum absolute atomic E-state index is 12.2. The topological polar surface area (TPSA) is 80.6 Å². The number of nitriles is 1. The standard InChI is InChI=1S/C21H20F2N2O4/c1-27-18-8-5-15(12-19(18)28-2)9-10-25-20(26)16(13-24)11-14-3-6-17(7-4-14)29-21(22)23/h3-8,11-12,21H,9-10H2,1-2H3,(H,25,26)/b16-11-. The van der Waals surface area contributed by atoms with Crippen molar-refractivity contribution in [1.82, 2.24) is 5.32 Å². The average molecular weight is 402 g/mol. The molecule has 0 radical (unpaired) electrons. The van der Waals surface area contributed by atoms with Crippen LogP contribution in [0.1, 0.15) is 11.1 Å². The van der Waals surface area contributed by atoms with Crippen LogP contribution in [0.4, 0.5) is 8.78 Å². The Morgan fingerprint density at radius 1 is 1.14 bits per heavy atom. The fourth-order valence-electron chi connectivity index (χ4n) is 2.51. The smallest absolute Gasteiger partial charge is 0.387 e. The lowest BCUT2D eigenvalue weighted by molar-refractivity contribution is -0.117. The van der Waals surface area contributed by atoms with Crippen LogP contribution in [0, 0.1) is 11.3 Å². The quantitative estimate of drug-likeness (QED) is 0.512. The summed E-state index contributed by atoms with van der Waals surface area (Å²) < 4.78 is 39.0. The van der Waals surface area contributed by atoms with Crippen LogP contribution >= 0.6 is 0 Å². The van der Waals surface area contributed by atoms with E-state index in [1.54, 1.807) is 20.3 Å². The molecular formula is C21H20F2N2O4. The Balaban J connectivity index is 1.96. The molecule has 0 aliphatic heterocycles. The summed E-state index contributed by atoms with van der Waals surface area (Å²) in [5.41, 5.74) is 1.35. The Morgan fingerprint density at radius 3 is 2.41 bits per heavy atom. The number of nitrogens with one attached hydrogen (secondary N) is 1. The Hall–Kier alpha value is -3.60. The molecule has 0 spiro atoms. The van der Waals surface area contributed by atoms with Crippen molar-refractivity contribution in [3.05, 3.63) is 59.2 Å². The van der Waals surface area contributed by atoms with Gasteiger partial charge < -0.3 is 19.5 Å². The molecule has 8 heteroatoms. The first-order valence-electron chi connectivity index (χ1n) is 8.62. The van der Waals surface area contributed by atoms with Crippen molar-refractivity contribution in [2.75, 3.05) is 20.8 Å². The van der Waals surface area contributed by atoms with E-state index in [2.05, 4.69) is 10.1 Å². The van der Waals surface area contributed by atoms with Gasteiger partial charge in [0.25, 0.3) is 5.91 Å². The molecule has 0 atom stereocenters. The van der Waals surface area contributed by atoms with E-state index in [0.717, 1.165) is 5.56 Å². The first kappa shape index (κ1) is 21.7. The van der Waals surface area contributed by atoms with Gasteiger partial charge in [-0.1, -0.05) is 18.2 Å². The van der Waals surface area contributed by atoms with Crippen LogP contribution in [-0.4, -0.2) is 33.3 Å². The van der Waals surface area contributed by atoms with Gasteiger partial charge in [-0.25, -0.2) is 0 Å². The minimum Gasteiger partial charge on any atom is -0.493 e. The number of amides is 1. The number of halogens is 2. The monoisotopic (exact) mass is 402 g/mol. The Morgan fingerprint density at radius 2 is 1.83 bits per heavy atom. The number of rotatable bonds is 9.